The van der Waals surface area contributed by atoms with Crippen LogP contribution in [0.3, 0.4) is 0 Å². The van der Waals surface area contributed by atoms with Crippen LogP contribution >= 0.6 is 0 Å². The molecule has 0 radical (unpaired) electrons. The highest BCUT2D eigenvalue weighted by atomic mass is 28.4. The molecule has 1 N–H and O–H groups in total. The first-order valence-electron chi connectivity index (χ1n) is 17.9. The molecule has 0 aromatic heterocycles. The molecule has 8 aliphatic rings. The average molecular weight is 719 g/mol. The molecule has 15 heteroatoms. The van der Waals surface area contributed by atoms with Gasteiger partial charge in [0.25, 0.3) is 0 Å². The van der Waals surface area contributed by atoms with Crippen LogP contribution in [0.1, 0.15) is 12.8 Å². The summed E-state index contributed by atoms with van der Waals surface area (Å²) in [5.74, 6) is -2.14. The maximum Gasteiger partial charge on any atom is 0.236 e. The molecule has 8 heterocycles. The zero-order chi connectivity index (χ0) is 34.7. The van der Waals surface area contributed by atoms with Crippen molar-refractivity contribution in [3.8, 4) is 0 Å². The monoisotopic (exact) mass is 718 g/mol. The van der Waals surface area contributed by atoms with Crippen LogP contribution < -0.4 is 0 Å². The van der Waals surface area contributed by atoms with Gasteiger partial charge in [-0.3, -0.25) is 29.0 Å². The first-order chi connectivity index (χ1) is 23.3. The minimum Gasteiger partial charge on any atom is -0.432 e. The van der Waals surface area contributed by atoms with E-state index < -0.39 is 46.1 Å². The van der Waals surface area contributed by atoms with Crippen LogP contribution in [-0.4, -0.2) is 144 Å². The fourth-order valence-corrected chi connectivity index (χ4v) is 10.3. The summed E-state index contributed by atoms with van der Waals surface area (Å²) in [7, 11) is -2.83. The van der Waals surface area contributed by atoms with E-state index in [1.54, 1.807) is 0 Å². The number of likely N-dealkylation sites (tertiary alicyclic amines) is 2. The van der Waals surface area contributed by atoms with Crippen molar-refractivity contribution in [2.75, 3.05) is 52.7 Å². The molecule has 0 saturated carbocycles. The van der Waals surface area contributed by atoms with E-state index in [4.69, 9.17) is 28.4 Å². The van der Waals surface area contributed by atoms with E-state index in [0.717, 1.165) is 19.1 Å². The molecule has 6 fully saturated rings. The second-order valence-electron chi connectivity index (χ2n) is 15.8. The lowest BCUT2D eigenvalue weighted by Crippen LogP contribution is -2.44. The summed E-state index contributed by atoms with van der Waals surface area (Å²) < 4.78 is 33.7. The topological polar surface area (TPSA) is 157 Å². The molecule has 13 nitrogen and oxygen atoms in total. The molecule has 0 aliphatic carbocycles. The molecule has 49 heavy (non-hydrogen) atoms. The van der Waals surface area contributed by atoms with Gasteiger partial charge in [-0.05, 0) is 32.0 Å². The van der Waals surface area contributed by atoms with E-state index in [9.17, 15) is 24.0 Å². The smallest absolute Gasteiger partial charge is 0.236 e. The van der Waals surface area contributed by atoms with Gasteiger partial charge in [-0.25, -0.2) is 0 Å². The van der Waals surface area contributed by atoms with E-state index in [1.807, 2.05) is 37.4 Å². The van der Waals surface area contributed by atoms with Gasteiger partial charge in [0, 0.05) is 21.9 Å². The minimum absolute atomic E-state index is 0.0582. The number of epoxide rings is 2. The van der Waals surface area contributed by atoms with Crippen LogP contribution in [-0.2, 0) is 47.6 Å². The van der Waals surface area contributed by atoms with E-state index >= 15 is 0 Å². The molecule has 6 saturated heterocycles. The van der Waals surface area contributed by atoms with Gasteiger partial charge in [0.2, 0.25) is 23.6 Å². The second-order valence-corrected chi connectivity index (χ2v) is 23.3. The Balaban J connectivity index is 0.000000154. The molecule has 4 bridgehead atoms. The predicted octanol–water partition coefficient (Wildman–Crippen LogP) is 0.885. The molecule has 10 atom stereocenters. The number of ether oxygens (including phenoxy) is 6. The molecule has 4 amide bonds. The standard InChI is InChI=1S/C17H25NO6Si.C17H25NO5Si/c1-25(2,21)7-3-6-18-15(19)13-12-4-5-17(24-12,14(13)16(18)20)10-22-8-11-9-23-11;1-24(2)7-3-6-18-15(19)13-12-4-5-17(23-12,14(13)16(18)20)10-21-8-11-9-22-11/h4-5,11-14,21H,3,6-10H2,1-2H3;4-5,11-14,24H,3,6-10H2,1-2H3. The molecule has 0 aromatic rings. The van der Waals surface area contributed by atoms with Gasteiger partial charge < -0.3 is 33.2 Å². The Kier molecular flexibility index (Phi) is 9.71. The number of rotatable bonds is 16. The van der Waals surface area contributed by atoms with Crippen LogP contribution in [0.25, 0.3) is 0 Å². The first-order valence-corrected chi connectivity index (χ1v) is 24.2. The number of fused-ring (bicyclic) bond motifs is 10. The number of amides is 4. The summed E-state index contributed by atoms with van der Waals surface area (Å²) in [5.41, 5.74) is -1.59. The summed E-state index contributed by atoms with van der Waals surface area (Å²) in [6, 6.07) is 1.83. The van der Waals surface area contributed by atoms with Gasteiger partial charge in [-0.15, -0.1) is 0 Å². The van der Waals surface area contributed by atoms with Crippen molar-refractivity contribution in [2.24, 2.45) is 23.7 Å². The highest BCUT2D eigenvalue weighted by molar-refractivity contribution is 6.69. The summed E-state index contributed by atoms with van der Waals surface area (Å²) in [6.07, 6.45) is 8.91. The van der Waals surface area contributed by atoms with Crippen LogP contribution in [0.15, 0.2) is 24.3 Å². The molecular formula is C34H50N2O11Si2. The summed E-state index contributed by atoms with van der Waals surface area (Å²) >= 11 is 0. The van der Waals surface area contributed by atoms with Gasteiger partial charge in [0.1, 0.15) is 23.4 Å². The third-order valence-electron chi connectivity index (χ3n) is 10.9. The predicted molar refractivity (Wildman–Crippen MR) is 179 cm³/mol. The van der Waals surface area contributed by atoms with Crippen molar-refractivity contribution < 1.29 is 52.4 Å². The zero-order valence-corrected chi connectivity index (χ0v) is 31.1. The largest absolute Gasteiger partial charge is 0.432 e. The molecule has 0 aromatic carbocycles. The normalized spacial score (nSPS) is 39.1. The van der Waals surface area contributed by atoms with Crippen LogP contribution in [0.5, 0.6) is 0 Å². The lowest BCUT2D eigenvalue weighted by Gasteiger charge is -2.28. The third kappa shape index (κ3) is 6.94. The van der Waals surface area contributed by atoms with Crippen molar-refractivity contribution in [3.63, 3.8) is 0 Å². The van der Waals surface area contributed by atoms with E-state index in [1.165, 1.54) is 9.80 Å². The molecule has 270 valence electrons. The Hall–Kier alpha value is -2.09. The Morgan fingerprint density at radius 1 is 0.796 bits per heavy atom. The Bertz CT molecular complexity index is 1390. The molecular weight excluding hydrogens is 669 g/mol. The quantitative estimate of drug-likeness (QED) is 0.105. The van der Waals surface area contributed by atoms with Gasteiger partial charge in [0.05, 0.1) is 75.5 Å². The SMILES string of the molecule is C[SiH](C)CCCN1C(=O)C2C3C=CC(COCC4CO4)(O3)C2C1=O.C[Si](C)(O)CCCN1C(=O)C2C3C=CC(COCC4CO4)(O3)C2C1=O. The minimum atomic E-state index is -2.17. The summed E-state index contributed by atoms with van der Waals surface area (Å²) in [6.45, 7) is 12.3. The van der Waals surface area contributed by atoms with Crippen molar-refractivity contribution in [1.82, 2.24) is 9.80 Å². The molecule has 8 aliphatic heterocycles. The van der Waals surface area contributed by atoms with Crippen molar-refractivity contribution in [3.05, 3.63) is 24.3 Å². The Labute approximate surface area is 289 Å². The zero-order valence-electron chi connectivity index (χ0n) is 28.9. The second kappa shape index (κ2) is 13.5. The molecule has 8 rings (SSSR count). The Morgan fingerprint density at radius 3 is 1.65 bits per heavy atom. The first kappa shape index (κ1) is 35.3. The summed E-state index contributed by atoms with van der Waals surface area (Å²) in [5, 5.41) is 0. The highest BCUT2D eigenvalue weighted by Crippen LogP contribution is 2.53. The number of hydrogen-bond donors (Lipinski definition) is 1. The number of carbonyl (C=O) groups is 4. The lowest BCUT2D eigenvalue weighted by molar-refractivity contribution is -0.147. The van der Waals surface area contributed by atoms with E-state index in [2.05, 4.69) is 13.1 Å². The number of nitrogens with zero attached hydrogens (tertiary/aromatic N) is 2. The number of carbonyl (C=O) groups excluding carboxylic acids is 4. The summed E-state index contributed by atoms with van der Waals surface area (Å²) in [4.78, 5) is 64.1. The van der Waals surface area contributed by atoms with Gasteiger partial charge in [-0.1, -0.05) is 43.4 Å². The fourth-order valence-electron chi connectivity index (χ4n) is 8.25. The van der Waals surface area contributed by atoms with Crippen LogP contribution in [0.4, 0.5) is 0 Å². The van der Waals surface area contributed by atoms with Crippen LogP contribution in [0, 0.1) is 23.7 Å². The number of imide groups is 2. The van der Waals surface area contributed by atoms with Gasteiger partial charge in [0.15, 0.2) is 8.32 Å². The van der Waals surface area contributed by atoms with Gasteiger partial charge in [-0.2, -0.15) is 0 Å². The van der Waals surface area contributed by atoms with E-state index in [-0.39, 0.29) is 60.6 Å². The number of hydrogen-bond acceptors (Lipinski definition) is 11. The average Bonchev–Trinajstić information content (AvgIpc) is 3.83. The highest BCUT2D eigenvalue weighted by Gasteiger charge is 2.68. The van der Waals surface area contributed by atoms with E-state index in [0.29, 0.717) is 52.0 Å². The molecule has 10 unspecified atom stereocenters. The molecule has 0 spiro atoms. The van der Waals surface area contributed by atoms with Crippen molar-refractivity contribution in [1.29, 1.82) is 0 Å². The van der Waals surface area contributed by atoms with Crippen LogP contribution in [0.2, 0.25) is 38.3 Å². The lowest BCUT2D eigenvalue weighted by atomic mass is 9.77. The maximum absolute atomic E-state index is 12.9. The van der Waals surface area contributed by atoms with Crippen molar-refractivity contribution in [2.45, 2.75) is 86.7 Å². The van der Waals surface area contributed by atoms with Crippen molar-refractivity contribution >= 4 is 40.7 Å². The fraction of sp³-hybridized carbons (Fsp3) is 0.765. The third-order valence-corrected chi connectivity index (χ3v) is 14.0. The maximum atomic E-state index is 12.9. The Morgan fingerprint density at radius 2 is 1.24 bits per heavy atom. The van der Waals surface area contributed by atoms with Gasteiger partial charge >= 0.3 is 0 Å².